The zero-order valence-electron chi connectivity index (χ0n) is 32.8. The lowest BCUT2D eigenvalue weighted by molar-refractivity contribution is -0.100. The fourth-order valence-corrected chi connectivity index (χ4v) is 4.18. The van der Waals surface area contributed by atoms with Crippen LogP contribution >= 0.6 is 0 Å². The molecule has 1 aromatic heterocycles. The largest absolute Gasteiger partial charge is 0.385 e. The van der Waals surface area contributed by atoms with Crippen molar-refractivity contribution in [3.05, 3.63) is 0 Å². The highest BCUT2D eigenvalue weighted by Crippen LogP contribution is 2.22. The van der Waals surface area contributed by atoms with Gasteiger partial charge >= 0.3 is 0 Å². The Morgan fingerprint density at radius 1 is 0.327 bits per heavy atom. The Labute approximate surface area is 311 Å². The second kappa shape index (κ2) is 35.9. The molecule has 0 saturated heterocycles. The molecule has 0 amide bonds. The number of hydrogen-bond donors (Lipinski definition) is 0. The van der Waals surface area contributed by atoms with Crippen LogP contribution in [0.3, 0.4) is 0 Å². The monoisotopic (exact) mass is 752 g/mol. The highest BCUT2D eigenvalue weighted by molar-refractivity contribution is 5.41. The van der Waals surface area contributed by atoms with Gasteiger partial charge in [0.05, 0.1) is 33.0 Å². The van der Waals surface area contributed by atoms with Crippen molar-refractivity contribution < 1.29 is 57.3 Å². The maximum Gasteiger partial charge on any atom is 0.284 e. The first kappa shape index (κ1) is 48.0. The van der Waals surface area contributed by atoms with Crippen LogP contribution in [0.15, 0.2) is 0 Å². The van der Waals surface area contributed by atoms with Crippen LogP contribution in [-0.2, 0) is 57.3 Å². The first-order valence-corrected chi connectivity index (χ1v) is 18.4. The number of anilines is 3. The van der Waals surface area contributed by atoms with Crippen molar-refractivity contribution in [2.24, 2.45) is 0 Å². The maximum absolute atomic E-state index is 6.19. The number of rotatable bonds is 40. The fourth-order valence-electron chi connectivity index (χ4n) is 4.18. The van der Waals surface area contributed by atoms with Crippen LogP contribution in [0.25, 0.3) is 0 Å². The Morgan fingerprint density at radius 3 is 0.923 bits per heavy atom. The van der Waals surface area contributed by atoms with Crippen LogP contribution in [0.1, 0.15) is 77.0 Å². The Balaban J connectivity index is 3.51. The molecule has 0 bridgehead atoms. The zero-order chi connectivity index (χ0) is 37.7. The van der Waals surface area contributed by atoms with E-state index in [0.29, 0.717) is 79.3 Å². The number of methoxy groups -OCH3 is 6. The molecule has 1 rings (SSSR count). The molecule has 0 unspecified atom stereocenters. The molecule has 0 radical (unpaired) electrons. The molecule has 18 nitrogen and oxygen atoms in total. The van der Waals surface area contributed by atoms with Gasteiger partial charge < -0.3 is 33.2 Å². The number of hydroxylamine groups is 1. The Morgan fingerprint density at radius 2 is 0.596 bits per heavy atom. The molecule has 0 spiro atoms. The third-order valence-corrected chi connectivity index (χ3v) is 7.04. The van der Waals surface area contributed by atoms with Crippen LogP contribution < -0.4 is 15.5 Å². The molecular formula is C34H68N6O12. The minimum Gasteiger partial charge on any atom is -0.385 e. The van der Waals surface area contributed by atoms with Gasteiger partial charge in [-0.1, -0.05) is 10.5 Å². The highest BCUT2D eigenvalue weighted by Gasteiger charge is 2.24. The minimum absolute atomic E-state index is 0.0473. The average molecular weight is 753 g/mol. The van der Waals surface area contributed by atoms with Gasteiger partial charge in [-0.2, -0.15) is 20.0 Å². The number of nitrogens with zero attached hydrogens (tertiary/aromatic N) is 6. The van der Waals surface area contributed by atoms with Gasteiger partial charge in [0.1, 0.15) is 6.73 Å². The number of unbranched alkanes of at least 4 members (excludes halogenated alkanes) is 6. The third-order valence-electron chi connectivity index (χ3n) is 7.04. The summed E-state index contributed by atoms with van der Waals surface area (Å²) in [6.45, 7) is 5.96. The van der Waals surface area contributed by atoms with Crippen LogP contribution in [-0.4, -0.2) is 144 Å². The summed E-state index contributed by atoms with van der Waals surface area (Å²) in [6, 6.07) is 0. The number of aromatic nitrogens is 3. The van der Waals surface area contributed by atoms with Gasteiger partial charge in [0.15, 0.2) is 0 Å². The standard InChI is InChI=1S/C34H68N6O12/c1-41-19-7-13-25-47-31-38(48-26-14-8-20-42-2)32-35-33(39(49-27-15-9-21-43-3)50-28-16-10-22-44-4)37-34(36-32)40(51-29-17-11-23-45-5)52-30-18-12-24-46-6/h7-31H2,1-6H3. The predicted molar refractivity (Wildman–Crippen MR) is 195 cm³/mol. The minimum atomic E-state index is 0.0473. The molecule has 0 aliphatic rings. The normalized spacial score (nSPS) is 11.4. The number of ether oxygens (including phenoxy) is 7. The van der Waals surface area contributed by atoms with Crippen molar-refractivity contribution in [2.75, 3.05) is 144 Å². The van der Waals surface area contributed by atoms with Crippen LogP contribution in [0, 0.1) is 0 Å². The molecule has 1 aromatic rings. The molecular weight excluding hydrogens is 684 g/mol. The topological polar surface area (TPSA) is 159 Å². The van der Waals surface area contributed by atoms with Gasteiger partial charge in [0.2, 0.25) is 0 Å². The van der Waals surface area contributed by atoms with Crippen LogP contribution in [0.4, 0.5) is 17.8 Å². The van der Waals surface area contributed by atoms with E-state index in [-0.39, 0.29) is 24.6 Å². The van der Waals surface area contributed by atoms with E-state index in [1.807, 2.05) is 0 Å². The molecule has 0 saturated carbocycles. The summed E-state index contributed by atoms with van der Waals surface area (Å²) in [5, 5.41) is 3.92. The summed E-state index contributed by atoms with van der Waals surface area (Å²) in [6.07, 6.45) is 9.34. The summed E-state index contributed by atoms with van der Waals surface area (Å²) in [4.78, 5) is 44.7. The second-order valence-electron chi connectivity index (χ2n) is 11.5. The van der Waals surface area contributed by atoms with Gasteiger partial charge in [-0.25, -0.2) is 19.4 Å². The Hall–Kier alpha value is -2.07. The molecule has 0 aliphatic carbocycles. The number of hydrogen-bond acceptors (Lipinski definition) is 18. The predicted octanol–water partition coefficient (Wildman–Crippen LogP) is 4.48. The second-order valence-corrected chi connectivity index (χ2v) is 11.5. The molecule has 52 heavy (non-hydrogen) atoms. The molecule has 18 heteroatoms. The highest BCUT2D eigenvalue weighted by atomic mass is 17.0. The lowest BCUT2D eigenvalue weighted by Crippen LogP contribution is -2.34. The van der Waals surface area contributed by atoms with Crippen molar-refractivity contribution in [3.8, 4) is 0 Å². The molecule has 306 valence electrons. The van der Waals surface area contributed by atoms with E-state index in [1.165, 1.54) is 15.5 Å². The first-order chi connectivity index (χ1) is 25.6. The van der Waals surface area contributed by atoms with Crippen molar-refractivity contribution in [1.82, 2.24) is 15.0 Å². The molecule has 0 fully saturated rings. The van der Waals surface area contributed by atoms with Gasteiger partial charge in [0, 0.05) is 88.9 Å². The van der Waals surface area contributed by atoms with Gasteiger partial charge in [0.25, 0.3) is 17.8 Å². The molecule has 0 N–H and O–H groups in total. The lowest BCUT2D eigenvalue weighted by atomic mass is 10.3. The van der Waals surface area contributed by atoms with E-state index in [1.54, 1.807) is 42.7 Å². The van der Waals surface area contributed by atoms with Crippen molar-refractivity contribution in [3.63, 3.8) is 0 Å². The quantitative estimate of drug-likeness (QED) is 0.0524. The van der Waals surface area contributed by atoms with Crippen LogP contribution in [0.5, 0.6) is 0 Å². The summed E-state index contributed by atoms with van der Waals surface area (Å²) >= 11 is 0. The average Bonchev–Trinajstić information content (AvgIpc) is 3.16. The smallest absolute Gasteiger partial charge is 0.284 e. The SMILES string of the molecule is COCCCCOCN(OCCCCOC)c1nc(N(OCCCCOC)OCCCCOC)nc(N(OCCCCOC)OCCCCOC)n1. The third kappa shape index (κ3) is 25.0. The Kier molecular flexibility index (Phi) is 33.1. The zero-order valence-corrected chi connectivity index (χ0v) is 32.8. The van der Waals surface area contributed by atoms with E-state index in [2.05, 4.69) is 0 Å². The van der Waals surface area contributed by atoms with Crippen molar-refractivity contribution in [1.29, 1.82) is 0 Å². The van der Waals surface area contributed by atoms with E-state index in [0.717, 1.165) is 77.0 Å². The van der Waals surface area contributed by atoms with Crippen molar-refractivity contribution in [2.45, 2.75) is 77.0 Å². The van der Waals surface area contributed by atoms with E-state index in [9.17, 15) is 0 Å². The fraction of sp³-hybridized carbons (Fsp3) is 0.912. The molecule has 0 aromatic carbocycles. The summed E-state index contributed by atoms with van der Waals surface area (Å²) in [5.41, 5.74) is 0. The molecule has 0 aliphatic heterocycles. The lowest BCUT2D eigenvalue weighted by Gasteiger charge is -2.27. The van der Waals surface area contributed by atoms with E-state index in [4.69, 9.17) is 72.3 Å². The first-order valence-electron chi connectivity index (χ1n) is 18.4. The van der Waals surface area contributed by atoms with Crippen LogP contribution in [0.2, 0.25) is 0 Å². The summed E-state index contributed by atoms with van der Waals surface area (Å²) in [5.74, 6) is 0.292. The molecule has 1 heterocycles. The maximum atomic E-state index is 6.19. The van der Waals surface area contributed by atoms with Gasteiger partial charge in [-0.3, -0.25) is 4.84 Å². The Bertz CT molecular complexity index is 838. The summed E-state index contributed by atoms with van der Waals surface area (Å²) < 4.78 is 37.2. The van der Waals surface area contributed by atoms with Gasteiger partial charge in [-0.15, -0.1) is 0 Å². The van der Waals surface area contributed by atoms with Crippen molar-refractivity contribution >= 4 is 17.8 Å². The molecule has 0 atom stereocenters. The summed E-state index contributed by atoms with van der Waals surface area (Å²) in [7, 11) is 10.0. The van der Waals surface area contributed by atoms with Gasteiger partial charge in [-0.05, 0) is 77.0 Å². The van der Waals surface area contributed by atoms with E-state index >= 15 is 0 Å². The van der Waals surface area contributed by atoms with E-state index < -0.39 is 0 Å².